The van der Waals surface area contributed by atoms with Crippen molar-refractivity contribution >= 4 is 11.9 Å². The van der Waals surface area contributed by atoms with Crippen LogP contribution in [0.1, 0.15) is 27.2 Å². The van der Waals surface area contributed by atoms with Gasteiger partial charge in [0.2, 0.25) is 5.91 Å². The van der Waals surface area contributed by atoms with Crippen molar-refractivity contribution in [2.45, 2.75) is 33.2 Å². The van der Waals surface area contributed by atoms with Crippen molar-refractivity contribution in [3.8, 4) is 0 Å². The summed E-state index contributed by atoms with van der Waals surface area (Å²) < 4.78 is 4.82. The SMILES string of the molecule is COC(=O)C1CC(NC(C)=O)CN(CC(C)C)C1. The number of hydrogen-bond acceptors (Lipinski definition) is 4. The second-order valence-electron chi connectivity index (χ2n) is 5.47. The van der Waals surface area contributed by atoms with Gasteiger partial charge in [0, 0.05) is 32.6 Å². The van der Waals surface area contributed by atoms with Crippen LogP contribution in [0.15, 0.2) is 0 Å². The van der Waals surface area contributed by atoms with Crippen LogP contribution in [0.3, 0.4) is 0 Å². The molecule has 1 aliphatic heterocycles. The highest BCUT2D eigenvalue weighted by molar-refractivity contribution is 5.74. The summed E-state index contributed by atoms with van der Waals surface area (Å²) >= 11 is 0. The van der Waals surface area contributed by atoms with Crippen LogP contribution in [0.5, 0.6) is 0 Å². The zero-order valence-corrected chi connectivity index (χ0v) is 11.7. The summed E-state index contributed by atoms with van der Waals surface area (Å²) in [6.45, 7) is 8.27. The molecule has 0 aromatic heterocycles. The van der Waals surface area contributed by atoms with E-state index in [9.17, 15) is 9.59 Å². The molecule has 0 aromatic rings. The van der Waals surface area contributed by atoms with E-state index in [0.717, 1.165) is 19.6 Å². The highest BCUT2D eigenvalue weighted by Gasteiger charge is 2.32. The Labute approximate surface area is 109 Å². The van der Waals surface area contributed by atoms with Gasteiger partial charge in [0.15, 0.2) is 0 Å². The number of carbonyl (C=O) groups excluding carboxylic acids is 2. The molecule has 5 nitrogen and oxygen atoms in total. The molecule has 1 N–H and O–H groups in total. The van der Waals surface area contributed by atoms with E-state index in [1.165, 1.54) is 14.0 Å². The Balaban J connectivity index is 2.65. The average molecular weight is 256 g/mol. The lowest BCUT2D eigenvalue weighted by atomic mass is 9.93. The fourth-order valence-corrected chi connectivity index (χ4v) is 2.59. The number of nitrogens with one attached hydrogen (secondary N) is 1. The summed E-state index contributed by atoms with van der Waals surface area (Å²) in [5.74, 6) is 0.174. The summed E-state index contributed by atoms with van der Waals surface area (Å²) in [4.78, 5) is 25.0. The zero-order chi connectivity index (χ0) is 13.7. The second kappa shape index (κ2) is 6.73. The van der Waals surface area contributed by atoms with Crippen LogP contribution < -0.4 is 5.32 Å². The van der Waals surface area contributed by atoms with Crippen molar-refractivity contribution in [2.24, 2.45) is 11.8 Å². The minimum absolute atomic E-state index is 0.0408. The molecule has 0 spiro atoms. The number of esters is 1. The number of rotatable bonds is 4. The van der Waals surface area contributed by atoms with Crippen molar-refractivity contribution in [1.29, 1.82) is 0 Å². The fraction of sp³-hybridized carbons (Fsp3) is 0.846. The Morgan fingerprint density at radius 1 is 1.39 bits per heavy atom. The lowest BCUT2D eigenvalue weighted by Crippen LogP contribution is -2.52. The number of methoxy groups -OCH3 is 1. The number of carbonyl (C=O) groups is 2. The van der Waals surface area contributed by atoms with Gasteiger partial charge in [-0.05, 0) is 12.3 Å². The summed E-state index contributed by atoms with van der Waals surface area (Å²) in [7, 11) is 1.41. The van der Waals surface area contributed by atoms with Gasteiger partial charge in [-0.25, -0.2) is 0 Å². The van der Waals surface area contributed by atoms with E-state index in [4.69, 9.17) is 4.74 Å². The molecule has 2 unspecified atom stereocenters. The Kier molecular flexibility index (Phi) is 5.59. The van der Waals surface area contributed by atoms with Crippen molar-refractivity contribution in [2.75, 3.05) is 26.7 Å². The van der Waals surface area contributed by atoms with E-state index in [1.807, 2.05) is 0 Å². The molecular formula is C13H24N2O3. The number of hydrogen-bond donors (Lipinski definition) is 1. The number of ether oxygens (including phenoxy) is 1. The van der Waals surface area contributed by atoms with Gasteiger partial charge in [-0.3, -0.25) is 9.59 Å². The van der Waals surface area contributed by atoms with Crippen molar-refractivity contribution in [3.63, 3.8) is 0 Å². The highest BCUT2D eigenvalue weighted by Crippen LogP contribution is 2.19. The molecule has 0 aliphatic carbocycles. The molecule has 5 heteroatoms. The lowest BCUT2D eigenvalue weighted by molar-refractivity contribution is -0.148. The molecule has 1 saturated heterocycles. The largest absolute Gasteiger partial charge is 0.469 e. The van der Waals surface area contributed by atoms with Crippen molar-refractivity contribution in [1.82, 2.24) is 10.2 Å². The van der Waals surface area contributed by atoms with Crippen LogP contribution in [0, 0.1) is 11.8 Å². The normalized spacial score (nSPS) is 24.9. The molecule has 18 heavy (non-hydrogen) atoms. The van der Waals surface area contributed by atoms with Gasteiger partial charge in [0.25, 0.3) is 0 Å². The molecule has 0 aromatic carbocycles. The predicted molar refractivity (Wildman–Crippen MR) is 69.0 cm³/mol. The summed E-state index contributed by atoms with van der Waals surface area (Å²) in [6, 6.07) is 0.0408. The molecule has 2 atom stereocenters. The topological polar surface area (TPSA) is 58.6 Å². The quantitative estimate of drug-likeness (QED) is 0.750. The van der Waals surface area contributed by atoms with Gasteiger partial charge in [0.05, 0.1) is 13.0 Å². The highest BCUT2D eigenvalue weighted by atomic mass is 16.5. The van der Waals surface area contributed by atoms with E-state index in [1.54, 1.807) is 0 Å². The van der Waals surface area contributed by atoms with Gasteiger partial charge in [-0.15, -0.1) is 0 Å². The summed E-state index contributed by atoms with van der Waals surface area (Å²) in [5.41, 5.74) is 0. The standard InChI is InChI=1S/C13H24N2O3/c1-9(2)6-15-7-11(13(17)18-4)5-12(8-15)14-10(3)16/h9,11-12H,5-8H2,1-4H3,(H,14,16). The Hall–Kier alpha value is -1.10. The first-order valence-electron chi connectivity index (χ1n) is 6.49. The maximum Gasteiger partial charge on any atom is 0.310 e. The van der Waals surface area contributed by atoms with Gasteiger partial charge in [-0.1, -0.05) is 13.8 Å². The first kappa shape index (κ1) is 15.0. The fourth-order valence-electron chi connectivity index (χ4n) is 2.59. The van der Waals surface area contributed by atoms with Gasteiger partial charge in [0.1, 0.15) is 0 Å². The maximum absolute atomic E-state index is 11.7. The molecular weight excluding hydrogens is 232 g/mol. The average Bonchev–Trinajstić information content (AvgIpc) is 2.25. The first-order valence-corrected chi connectivity index (χ1v) is 6.49. The summed E-state index contributed by atoms with van der Waals surface area (Å²) in [6.07, 6.45) is 0.668. The van der Waals surface area contributed by atoms with Crippen molar-refractivity contribution < 1.29 is 14.3 Å². The monoisotopic (exact) mass is 256 g/mol. The van der Waals surface area contributed by atoms with Crippen LogP contribution in [-0.4, -0.2) is 49.6 Å². The van der Waals surface area contributed by atoms with Crippen LogP contribution in [-0.2, 0) is 14.3 Å². The predicted octanol–water partition coefficient (Wildman–Crippen LogP) is 0.642. The molecule has 1 fully saturated rings. The van der Waals surface area contributed by atoms with Gasteiger partial charge in [-0.2, -0.15) is 0 Å². The van der Waals surface area contributed by atoms with Crippen molar-refractivity contribution in [3.05, 3.63) is 0 Å². The van der Waals surface area contributed by atoms with Gasteiger partial charge >= 0.3 is 5.97 Å². The van der Waals surface area contributed by atoms with E-state index >= 15 is 0 Å². The minimum atomic E-state index is -0.182. The van der Waals surface area contributed by atoms with E-state index in [0.29, 0.717) is 12.3 Å². The maximum atomic E-state index is 11.7. The molecule has 0 saturated carbocycles. The summed E-state index contributed by atoms with van der Waals surface area (Å²) in [5, 5.41) is 2.91. The number of nitrogens with zero attached hydrogens (tertiary/aromatic N) is 1. The Morgan fingerprint density at radius 2 is 2.06 bits per heavy atom. The number of likely N-dealkylation sites (tertiary alicyclic amines) is 1. The third kappa shape index (κ3) is 4.64. The smallest absolute Gasteiger partial charge is 0.310 e. The number of amides is 1. The van der Waals surface area contributed by atoms with Gasteiger partial charge < -0.3 is 15.0 Å². The third-order valence-corrected chi connectivity index (χ3v) is 3.09. The van der Waals surface area contributed by atoms with Crippen LogP contribution >= 0.6 is 0 Å². The molecule has 1 heterocycles. The molecule has 1 amide bonds. The lowest BCUT2D eigenvalue weighted by Gasteiger charge is -2.37. The van der Waals surface area contributed by atoms with E-state index < -0.39 is 0 Å². The Morgan fingerprint density at radius 3 is 2.56 bits per heavy atom. The van der Waals surface area contributed by atoms with Crippen LogP contribution in [0.2, 0.25) is 0 Å². The number of piperidine rings is 1. The Bertz CT molecular complexity index is 305. The second-order valence-corrected chi connectivity index (χ2v) is 5.47. The molecule has 0 radical (unpaired) electrons. The van der Waals surface area contributed by atoms with E-state index in [2.05, 4.69) is 24.1 Å². The molecule has 1 aliphatic rings. The molecule has 0 bridgehead atoms. The third-order valence-electron chi connectivity index (χ3n) is 3.09. The van der Waals surface area contributed by atoms with Crippen LogP contribution in [0.4, 0.5) is 0 Å². The van der Waals surface area contributed by atoms with Crippen LogP contribution in [0.25, 0.3) is 0 Å². The molecule has 1 rings (SSSR count). The minimum Gasteiger partial charge on any atom is -0.469 e. The first-order chi connectivity index (χ1) is 8.42. The zero-order valence-electron chi connectivity index (χ0n) is 11.7. The molecule has 104 valence electrons. The van der Waals surface area contributed by atoms with E-state index in [-0.39, 0.29) is 23.8 Å².